The highest BCUT2D eigenvalue weighted by Crippen LogP contribution is 2.51. The summed E-state index contributed by atoms with van der Waals surface area (Å²) in [6, 6.07) is 12.7. The van der Waals surface area contributed by atoms with E-state index in [-0.39, 0.29) is 22.9 Å². The van der Waals surface area contributed by atoms with Crippen LogP contribution in [-0.4, -0.2) is 35.6 Å². The van der Waals surface area contributed by atoms with Crippen LogP contribution in [0.2, 0.25) is 10.0 Å². The highest BCUT2D eigenvalue weighted by atomic mass is 35.5. The zero-order valence-electron chi connectivity index (χ0n) is 20.6. The summed E-state index contributed by atoms with van der Waals surface area (Å²) in [7, 11) is 1.56. The predicted octanol–water partition coefficient (Wildman–Crippen LogP) is 3.79. The van der Waals surface area contributed by atoms with E-state index >= 15 is 0 Å². The maximum atomic E-state index is 13.1. The van der Waals surface area contributed by atoms with Crippen molar-refractivity contribution in [3.63, 3.8) is 0 Å². The maximum Gasteiger partial charge on any atom is 0.295 e. The normalized spacial score (nSPS) is 17.8. The summed E-state index contributed by atoms with van der Waals surface area (Å²) in [5.74, 6) is 6.38. The molecule has 2 aliphatic rings. The number of aromatic nitrogens is 2. The van der Waals surface area contributed by atoms with Gasteiger partial charge in [-0.2, -0.15) is 0 Å². The van der Waals surface area contributed by atoms with Crippen LogP contribution >= 0.6 is 23.2 Å². The monoisotopic (exact) mass is 535 g/mol. The van der Waals surface area contributed by atoms with Gasteiger partial charge in [0.05, 0.1) is 15.7 Å². The van der Waals surface area contributed by atoms with Gasteiger partial charge in [-0.25, -0.2) is 4.98 Å². The Morgan fingerprint density at radius 1 is 1.19 bits per heavy atom. The number of aryl methyl sites for hydroxylation is 1. The number of carbonyl (C=O) groups excluding carboxylic acids is 1. The molecule has 1 aromatic heterocycles. The molecule has 0 unspecified atom stereocenters. The topological polar surface area (TPSA) is 93.3 Å². The van der Waals surface area contributed by atoms with Crippen LogP contribution in [0.3, 0.4) is 0 Å². The van der Waals surface area contributed by atoms with E-state index in [0.29, 0.717) is 27.4 Å². The Balaban J connectivity index is 1.34. The molecule has 1 atom stereocenters. The highest BCUT2D eigenvalue weighted by molar-refractivity contribution is 6.43. The number of hydrogen-bond acceptors (Lipinski definition) is 5. The van der Waals surface area contributed by atoms with Crippen molar-refractivity contribution in [3.05, 3.63) is 85.4 Å². The first-order valence-corrected chi connectivity index (χ1v) is 12.9. The summed E-state index contributed by atoms with van der Waals surface area (Å²) < 4.78 is 1.48. The van der Waals surface area contributed by atoms with E-state index in [1.807, 2.05) is 12.1 Å². The van der Waals surface area contributed by atoms with Gasteiger partial charge in [-0.05, 0) is 67.0 Å². The van der Waals surface area contributed by atoms with Gasteiger partial charge in [-0.15, -0.1) is 0 Å². The van der Waals surface area contributed by atoms with Gasteiger partial charge in [0, 0.05) is 43.7 Å². The van der Waals surface area contributed by atoms with Crippen molar-refractivity contribution in [2.24, 2.45) is 11.1 Å². The molecule has 1 spiro atoms. The number of carbonyl (C=O) groups is 1. The Bertz CT molecular complexity index is 1510. The minimum Gasteiger partial charge on any atom is -0.356 e. The summed E-state index contributed by atoms with van der Waals surface area (Å²) in [5.41, 5.74) is 10.2. The summed E-state index contributed by atoms with van der Waals surface area (Å²) in [5, 5.41) is 3.21. The Morgan fingerprint density at radius 2 is 1.95 bits per heavy atom. The zero-order valence-corrected chi connectivity index (χ0v) is 22.2. The van der Waals surface area contributed by atoms with E-state index in [0.717, 1.165) is 43.5 Å². The number of anilines is 1. The second-order valence-corrected chi connectivity index (χ2v) is 10.4. The first-order valence-electron chi connectivity index (χ1n) is 12.1. The van der Waals surface area contributed by atoms with Gasteiger partial charge in [0.1, 0.15) is 11.6 Å². The first kappa shape index (κ1) is 25.3. The molecular weight excluding hydrogens is 509 g/mol. The molecule has 37 heavy (non-hydrogen) atoms. The Morgan fingerprint density at radius 3 is 2.65 bits per heavy atom. The molecule has 1 aliphatic heterocycles. The molecule has 3 aromatic rings. The molecule has 9 heteroatoms. The first-order chi connectivity index (χ1) is 17.7. The van der Waals surface area contributed by atoms with Gasteiger partial charge >= 0.3 is 0 Å². The molecule has 1 fully saturated rings. The van der Waals surface area contributed by atoms with E-state index in [1.165, 1.54) is 10.1 Å². The largest absolute Gasteiger partial charge is 0.356 e. The van der Waals surface area contributed by atoms with Crippen LogP contribution in [0.5, 0.6) is 0 Å². The van der Waals surface area contributed by atoms with E-state index in [1.54, 1.807) is 38.2 Å². The molecule has 2 aromatic carbocycles. The van der Waals surface area contributed by atoms with E-state index in [2.05, 4.69) is 28.1 Å². The van der Waals surface area contributed by atoms with E-state index in [9.17, 15) is 9.59 Å². The molecule has 0 bridgehead atoms. The van der Waals surface area contributed by atoms with Gasteiger partial charge in [-0.3, -0.25) is 14.2 Å². The molecule has 5 rings (SSSR count). The molecule has 2 heterocycles. The molecule has 1 aliphatic carbocycles. The minimum absolute atomic E-state index is 0.0516. The number of piperidine rings is 1. The molecular formula is C28H27Cl2N5O2. The molecule has 0 saturated carbocycles. The maximum absolute atomic E-state index is 13.1. The Kier molecular flexibility index (Phi) is 6.76. The van der Waals surface area contributed by atoms with Crippen molar-refractivity contribution in [3.8, 4) is 17.5 Å². The van der Waals surface area contributed by atoms with Crippen molar-refractivity contribution in [2.75, 3.05) is 25.0 Å². The van der Waals surface area contributed by atoms with Crippen molar-refractivity contribution in [2.45, 2.75) is 32.2 Å². The van der Waals surface area contributed by atoms with Gasteiger partial charge in [-0.1, -0.05) is 41.3 Å². The third-order valence-electron chi connectivity index (χ3n) is 7.56. The van der Waals surface area contributed by atoms with Crippen molar-refractivity contribution in [1.82, 2.24) is 14.9 Å². The number of nitrogens with zero attached hydrogens (tertiary/aromatic N) is 3. The summed E-state index contributed by atoms with van der Waals surface area (Å²) in [6.07, 6.45) is 2.67. The van der Waals surface area contributed by atoms with E-state index < -0.39 is 0 Å². The number of nitrogens with one attached hydrogen (secondary N) is 1. The van der Waals surface area contributed by atoms with Crippen LogP contribution in [0.25, 0.3) is 5.69 Å². The Labute approximate surface area is 225 Å². The lowest BCUT2D eigenvalue weighted by Crippen LogP contribution is -2.45. The lowest BCUT2D eigenvalue weighted by molar-refractivity contribution is -0.115. The number of hydrogen-bond donors (Lipinski definition) is 2. The third-order valence-corrected chi connectivity index (χ3v) is 8.37. The average Bonchev–Trinajstić information content (AvgIpc) is 3.15. The summed E-state index contributed by atoms with van der Waals surface area (Å²) >= 11 is 12.5. The molecule has 1 saturated heterocycles. The molecule has 190 valence electrons. The molecule has 7 nitrogen and oxygen atoms in total. The standard InChI is InChI=1S/C28H27Cl2N5O2/c1-17-33-23(15-25(37)35(17)22-5-3-4-21(29)26(22)30)34-12-10-28(11-13-34)16-19-8-6-18(7-9-24(36)32-2)14-20(19)27(28)31/h3-6,8,14-15,27H,10-13,16,31H2,1-2H3,(H,32,36)/t27-/m1/s1. The average molecular weight is 536 g/mol. The minimum atomic E-state index is -0.319. The van der Waals surface area contributed by atoms with Crippen LogP contribution in [0.15, 0.2) is 47.3 Å². The van der Waals surface area contributed by atoms with Crippen LogP contribution < -0.4 is 21.5 Å². The number of rotatable bonds is 2. The molecule has 0 radical (unpaired) electrons. The second kappa shape index (κ2) is 9.86. The fourth-order valence-corrected chi connectivity index (χ4v) is 5.89. The molecule has 1 amide bonds. The fraction of sp³-hybridized carbons (Fsp3) is 0.321. The SMILES string of the molecule is CNC(=O)C#Cc1ccc2c(c1)[C@@H](N)C1(CCN(c3cc(=O)n(-c4cccc(Cl)c4Cl)c(C)n3)CC1)C2. The van der Waals surface area contributed by atoms with Crippen LogP contribution in [0, 0.1) is 24.2 Å². The number of fused-ring (bicyclic) bond motifs is 1. The number of amides is 1. The van der Waals surface area contributed by atoms with Crippen LogP contribution in [-0.2, 0) is 11.2 Å². The van der Waals surface area contributed by atoms with Gasteiger partial charge in [0.25, 0.3) is 11.5 Å². The third kappa shape index (κ3) is 4.61. The fourth-order valence-electron chi connectivity index (χ4n) is 5.51. The van der Waals surface area contributed by atoms with Crippen molar-refractivity contribution < 1.29 is 4.79 Å². The van der Waals surface area contributed by atoms with Crippen LogP contribution in [0.4, 0.5) is 5.82 Å². The number of nitrogens with two attached hydrogens (primary N) is 1. The zero-order chi connectivity index (χ0) is 26.3. The van der Waals surface area contributed by atoms with Crippen molar-refractivity contribution >= 4 is 34.9 Å². The van der Waals surface area contributed by atoms with E-state index in [4.69, 9.17) is 33.9 Å². The molecule has 3 N–H and O–H groups in total. The van der Waals surface area contributed by atoms with Gasteiger partial charge in [0.15, 0.2) is 0 Å². The highest BCUT2D eigenvalue weighted by Gasteiger charge is 2.46. The quantitative estimate of drug-likeness (QED) is 0.487. The van der Waals surface area contributed by atoms with Gasteiger partial charge in [0.2, 0.25) is 0 Å². The summed E-state index contributed by atoms with van der Waals surface area (Å²) in [6.45, 7) is 3.29. The lowest BCUT2D eigenvalue weighted by Gasteiger charge is -2.42. The summed E-state index contributed by atoms with van der Waals surface area (Å²) in [4.78, 5) is 31.5. The number of halogens is 2. The van der Waals surface area contributed by atoms with Crippen molar-refractivity contribution in [1.29, 1.82) is 0 Å². The Hall–Kier alpha value is -3.31. The number of benzene rings is 2. The van der Waals surface area contributed by atoms with Gasteiger partial charge < -0.3 is 16.0 Å². The van der Waals surface area contributed by atoms with Crippen LogP contribution in [0.1, 0.15) is 41.4 Å². The second-order valence-electron chi connectivity index (χ2n) is 9.65. The predicted molar refractivity (Wildman–Crippen MR) is 146 cm³/mol. The smallest absolute Gasteiger partial charge is 0.295 e. The lowest BCUT2D eigenvalue weighted by atomic mass is 9.73.